The van der Waals surface area contributed by atoms with E-state index in [4.69, 9.17) is 10.00 Å². The second kappa shape index (κ2) is 7.43. The molecule has 0 heterocycles. The third-order valence-corrected chi connectivity index (χ3v) is 4.80. The van der Waals surface area contributed by atoms with Gasteiger partial charge in [0.1, 0.15) is 16.7 Å². The molecule has 2 aromatic rings. The highest BCUT2D eigenvalue weighted by Gasteiger charge is 2.19. The van der Waals surface area contributed by atoms with E-state index in [0.717, 1.165) is 11.3 Å². The average Bonchev–Trinajstić information content (AvgIpc) is 2.60. The van der Waals surface area contributed by atoms with E-state index in [2.05, 4.69) is 0 Å². The highest BCUT2D eigenvalue weighted by atomic mass is 32.2. The van der Waals surface area contributed by atoms with E-state index in [9.17, 15) is 8.42 Å². The molecule has 2 rings (SSSR count). The molecule has 0 spiro atoms. The van der Waals surface area contributed by atoms with Crippen molar-refractivity contribution < 1.29 is 13.2 Å². The molecule has 23 heavy (non-hydrogen) atoms. The lowest BCUT2D eigenvalue weighted by atomic mass is 10.2. The van der Waals surface area contributed by atoms with Crippen molar-refractivity contribution in [1.82, 2.24) is 0 Å². The van der Waals surface area contributed by atoms with Crippen molar-refractivity contribution in [2.24, 2.45) is 0 Å². The molecule has 0 N–H and O–H groups in total. The molecule has 0 aromatic heterocycles. The minimum Gasteiger partial charge on any atom is -0.497 e. The van der Waals surface area contributed by atoms with E-state index in [1.807, 2.05) is 12.1 Å². The zero-order valence-corrected chi connectivity index (χ0v) is 13.3. The Morgan fingerprint density at radius 1 is 1.09 bits per heavy atom. The summed E-state index contributed by atoms with van der Waals surface area (Å²) >= 11 is 0. The second-order valence-corrected chi connectivity index (χ2v) is 6.51. The van der Waals surface area contributed by atoms with Crippen LogP contribution in [0.25, 0.3) is 6.08 Å². The molecule has 0 unspecified atom stereocenters. The first-order chi connectivity index (χ1) is 11.1. The predicted octanol–water partition coefficient (Wildman–Crippen LogP) is 3.59. The molecular weight excluding hydrogens is 310 g/mol. The van der Waals surface area contributed by atoms with Gasteiger partial charge in [-0.1, -0.05) is 42.5 Å². The van der Waals surface area contributed by atoms with Crippen LogP contribution in [0.3, 0.4) is 0 Å². The second-order valence-electron chi connectivity index (χ2n) is 4.59. The SMILES string of the molecule is COc1ccc(C=CC=C(C#N)S(=O)(=O)c2ccccc2)cc1. The third-order valence-electron chi connectivity index (χ3n) is 3.11. The minimum atomic E-state index is -3.79. The third kappa shape index (κ3) is 4.09. The van der Waals surface area contributed by atoms with Crippen LogP contribution in [0.2, 0.25) is 0 Å². The van der Waals surface area contributed by atoms with Crippen molar-refractivity contribution >= 4 is 15.9 Å². The summed E-state index contributed by atoms with van der Waals surface area (Å²) in [6.45, 7) is 0. The van der Waals surface area contributed by atoms with E-state index in [0.29, 0.717) is 0 Å². The molecular formula is C18H15NO3S. The van der Waals surface area contributed by atoms with Gasteiger partial charge in [-0.3, -0.25) is 0 Å². The van der Waals surface area contributed by atoms with Crippen LogP contribution in [0.4, 0.5) is 0 Å². The van der Waals surface area contributed by atoms with Gasteiger partial charge in [-0.05, 0) is 35.9 Å². The molecule has 0 amide bonds. The average molecular weight is 325 g/mol. The molecule has 116 valence electrons. The van der Waals surface area contributed by atoms with Gasteiger partial charge in [0.05, 0.1) is 12.0 Å². The monoisotopic (exact) mass is 325 g/mol. The highest BCUT2D eigenvalue weighted by Crippen LogP contribution is 2.19. The summed E-state index contributed by atoms with van der Waals surface area (Å²) in [6.07, 6.45) is 4.56. The normalized spacial score (nSPS) is 12.1. The van der Waals surface area contributed by atoms with Crippen molar-refractivity contribution in [3.8, 4) is 11.8 Å². The number of hydrogen-bond donors (Lipinski definition) is 0. The number of ether oxygens (including phenoxy) is 1. The van der Waals surface area contributed by atoms with Crippen LogP contribution in [0, 0.1) is 11.3 Å². The maximum absolute atomic E-state index is 12.3. The van der Waals surface area contributed by atoms with E-state index in [1.54, 1.807) is 55.7 Å². The molecule has 0 radical (unpaired) electrons. The summed E-state index contributed by atoms with van der Waals surface area (Å²) in [5, 5.41) is 9.14. The van der Waals surface area contributed by atoms with Gasteiger partial charge in [-0.2, -0.15) is 5.26 Å². The summed E-state index contributed by atoms with van der Waals surface area (Å²) in [5.74, 6) is 0.738. The van der Waals surface area contributed by atoms with Gasteiger partial charge in [0, 0.05) is 0 Å². The topological polar surface area (TPSA) is 67.2 Å². The number of methoxy groups -OCH3 is 1. The first-order valence-electron chi connectivity index (χ1n) is 6.80. The van der Waals surface area contributed by atoms with Gasteiger partial charge in [0.15, 0.2) is 0 Å². The standard InChI is InChI=1S/C18H15NO3S/c1-22-16-12-10-15(11-13-16)6-5-9-18(14-19)23(20,21)17-7-3-2-4-8-17/h2-13H,1H3. The number of rotatable bonds is 5. The fourth-order valence-corrected chi connectivity index (χ4v) is 3.02. The number of nitriles is 1. The number of benzene rings is 2. The van der Waals surface area contributed by atoms with Gasteiger partial charge < -0.3 is 4.74 Å². The predicted molar refractivity (Wildman–Crippen MR) is 89.4 cm³/mol. The van der Waals surface area contributed by atoms with Gasteiger partial charge >= 0.3 is 0 Å². The molecule has 0 aliphatic rings. The van der Waals surface area contributed by atoms with Gasteiger partial charge in [0.2, 0.25) is 9.84 Å². The Kier molecular flexibility index (Phi) is 5.34. The Hall–Kier alpha value is -2.84. The van der Waals surface area contributed by atoms with Crippen LogP contribution in [0.5, 0.6) is 5.75 Å². The van der Waals surface area contributed by atoms with Crippen LogP contribution in [-0.4, -0.2) is 15.5 Å². The Morgan fingerprint density at radius 2 is 1.74 bits per heavy atom. The molecule has 0 aliphatic heterocycles. The molecule has 0 atom stereocenters. The molecule has 0 bridgehead atoms. The van der Waals surface area contributed by atoms with Crippen molar-refractivity contribution in [3.63, 3.8) is 0 Å². The molecule has 0 fully saturated rings. The van der Waals surface area contributed by atoms with Crippen molar-refractivity contribution in [2.45, 2.75) is 4.90 Å². The first-order valence-corrected chi connectivity index (χ1v) is 8.29. The lowest BCUT2D eigenvalue weighted by Crippen LogP contribution is -2.02. The van der Waals surface area contributed by atoms with Crippen LogP contribution in [0.15, 0.2) is 76.5 Å². The van der Waals surface area contributed by atoms with Gasteiger partial charge in [-0.25, -0.2) is 8.42 Å². The fourth-order valence-electron chi connectivity index (χ4n) is 1.88. The van der Waals surface area contributed by atoms with E-state index < -0.39 is 9.84 Å². The fraction of sp³-hybridized carbons (Fsp3) is 0.0556. The Balaban J connectivity index is 2.25. The van der Waals surface area contributed by atoms with E-state index in [-0.39, 0.29) is 9.80 Å². The van der Waals surface area contributed by atoms with Crippen LogP contribution in [0.1, 0.15) is 5.56 Å². The van der Waals surface area contributed by atoms with Crippen LogP contribution >= 0.6 is 0 Å². The zero-order chi connectivity index (χ0) is 16.7. The quantitative estimate of drug-likeness (QED) is 0.622. The highest BCUT2D eigenvalue weighted by molar-refractivity contribution is 7.95. The van der Waals surface area contributed by atoms with Crippen LogP contribution < -0.4 is 4.74 Å². The van der Waals surface area contributed by atoms with Crippen molar-refractivity contribution in [3.05, 3.63) is 77.2 Å². The smallest absolute Gasteiger partial charge is 0.216 e. The maximum Gasteiger partial charge on any atom is 0.216 e. The van der Waals surface area contributed by atoms with E-state index >= 15 is 0 Å². The number of sulfone groups is 1. The lowest BCUT2D eigenvalue weighted by molar-refractivity contribution is 0.415. The summed E-state index contributed by atoms with van der Waals surface area (Å²) in [7, 11) is -2.20. The number of nitrogens with zero attached hydrogens (tertiary/aromatic N) is 1. The molecule has 4 nitrogen and oxygen atoms in total. The minimum absolute atomic E-state index is 0.102. The summed E-state index contributed by atoms with van der Waals surface area (Å²) < 4.78 is 29.8. The maximum atomic E-state index is 12.3. The zero-order valence-electron chi connectivity index (χ0n) is 12.5. The molecule has 0 saturated carbocycles. The summed E-state index contributed by atoms with van der Waals surface area (Å²) in [6, 6.07) is 16.9. The Morgan fingerprint density at radius 3 is 2.30 bits per heavy atom. The largest absolute Gasteiger partial charge is 0.497 e. The van der Waals surface area contributed by atoms with Crippen LogP contribution in [-0.2, 0) is 9.84 Å². The molecule has 2 aromatic carbocycles. The van der Waals surface area contributed by atoms with Gasteiger partial charge in [-0.15, -0.1) is 0 Å². The summed E-state index contributed by atoms with van der Waals surface area (Å²) in [4.78, 5) is -0.195. The summed E-state index contributed by atoms with van der Waals surface area (Å²) in [5.41, 5.74) is 0.872. The number of hydrogen-bond acceptors (Lipinski definition) is 4. The first kappa shape index (κ1) is 16.5. The Labute approximate surface area is 135 Å². The molecule has 0 aliphatic carbocycles. The van der Waals surface area contributed by atoms with Crippen molar-refractivity contribution in [1.29, 1.82) is 5.26 Å². The number of allylic oxidation sites excluding steroid dienone is 3. The van der Waals surface area contributed by atoms with E-state index in [1.165, 1.54) is 18.2 Å². The Bertz CT molecular complexity index is 859. The van der Waals surface area contributed by atoms with Gasteiger partial charge in [0.25, 0.3) is 0 Å². The molecule has 0 saturated heterocycles. The van der Waals surface area contributed by atoms with Crippen molar-refractivity contribution in [2.75, 3.05) is 7.11 Å². The lowest BCUT2D eigenvalue weighted by Gasteiger charge is -2.01. The molecule has 5 heteroatoms.